The van der Waals surface area contributed by atoms with Gasteiger partial charge in [0.25, 0.3) is 0 Å². The Labute approximate surface area is 183 Å². The Morgan fingerprint density at radius 1 is 1.37 bits per heavy atom. The van der Waals surface area contributed by atoms with Crippen molar-refractivity contribution in [1.82, 2.24) is 10.6 Å². The second-order valence-corrected chi connectivity index (χ2v) is 7.15. The van der Waals surface area contributed by atoms with E-state index >= 15 is 0 Å². The molecule has 0 spiro atoms. The molecule has 8 heteroatoms. The minimum absolute atomic E-state index is 0. The molecule has 27 heavy (non-hydrogen) atoms. The summed E-state index contributed by atoms with van der Waals surface area (Å²) in [5, 5.41) is 6.56. The summed E-state index contributed by atoms with van der Waals surface area (Å²) in [6, 6.07) is 6.93. The Balaban J connectivity index is 0.00000364. The lowest BCUT2D eigenvalue weighted by molar-refractivity contribution is 0.0424. The molecule has 0 bridgehead atoms. The second-order valence-electron chi connectivity index (χ2n) is 6.04. The molecule has 0 aliphatic carbocycles. The van der Waals surface area contributed by atoms with Gasteiger partial charge < -0.3 is 20.1 Å². The van der Waals surface area contributed by atoms with E-state index in [0.29, 0.717) is 5.75 Å². The number of rotatable bonds is 11. The van der Waals surface area contributed by atoms with Crippen LogP contribution in [0, 0.1) is 5.82 Å². The van der Waals surface area contributed by atoms with E-state index in [-0.39, 0.29) is 35.9 Å². The number of nitrogens with zero attached hydrogens (tertiary/aromatic N) is 1. The van der Waals surface area contributed by atoms with Gasteiger partial charge in [-0.2, -0.15) is 11.8 Å². The quantitative estimate of drug-likeness (QED) is 0.207. The highest BCUT2D eigenvalue weighted by molar-refractivity contribution is 14.0. The normalized spacial score (nSPS) is 16.8. The molecule has 1 unspecified atom stereocenters. The van der Waals surface area contributed by atoms with E-state index in [1.54, 1.807) is 17.8 Å². The molecule has 1 aliphatic rings. The van der Waals surface area contributed by atoms with Crippen molar-refractivity contribution < 1.29 is 13.9 Å². The molecule has 2 N–H and O–H groups in total. The lowest BCUT2D eigenvalue weighted by atomic mass is 10.2. The fourth-order valence-electron chi connectivity index (χ4n) is 2.53. The van der Waals surface area contributed by atoms with Crippen molar-refractivity contribution in [2.75, 3.05) is 45.2 Å². The molecule has 0 saturated carbocycles. The summed E-state index contributed by atoms with van der Waals surface area (Å²) in [6.07, 6.45) is 2.16. The number of thioether (sulfide) groups is 1. The summed E-state index contributed by atoms with van der Waals surface area (Å²) in [5.74, 6) is 2.27. The van der Waals surface area contributed by atoms with Gasteiger partial charge in [0.05, 0.1) is 12.7 Å². The topological polar surface area (TPSA) is 54.9 Å². The molecule has 1 atom stereocenters. The average Bonchev–Trinajstić information content (AvgIpc) is 3.16. The van der Waals surface area contributed by atoms with Gasteiger partial charge in [0.15, 0.2) is 5.96 Å². The van der Waals surface area contributed by atoms with Crippen LogP contribution < -0.4 is 10.6 Å². The summed E-state index contributed by atoms with van der Waals surface area (Å²) in [4.78, 5) is 4.56. The largest absolute Gasteiger partial charge is 0.379 e. The smallest absolute Gasteiger partial charge is 0.191 e. The Morgan fingerprint density at radius 3 is 2.96 bits per heavy atom. The number of hydrogen-bond donors (Lipinski definition) is 2. The second kappa shape index (κ2) is 15.4. The highest BCUT2D eigenvalue weighted by Crippen LogP contribution is 2.14. The maximum Gasteiger partial charge on any atom is 0.191 e. The number of hydrogen-bond acceptors (Lipinski definition) is 4. The van der Waals surface area contributed by atoms with Gasteiger partial charge in [-0.3, -0.25) is 4.99 Å². The molecule has 1 saturated heterocycles. The Bertz CT molecular complexity index is 545. The summed E-state index contributed by atoms with van der Waals surface area (Å²) < 4.78 is 24.6. The third-order valence-corrected chi connectivity index (χ3v) is 4.92. The lowest BCUT2D eigenvalue weighted by Gasteiger charge is -2.12. The van der Waals surface area contributed by atoms with E-state index in [0.717, 1.165) is 69.6 Å². The van der Waals surface area contributed by atoms with E-state index in [1.165, 1.54) is 6.07 Å². The molecular weight excluding hydrogens is 480 g/mol. The van der Waals surface area contributed by atoms with Crippen molar-refractivity contribution in [2.24, 2.45) is 4.99 Å². The van der Waals surface area contributed by atoms with Crippen LogP contribution in [0.1, 0.15) is 25.3 Å². The zero-order chi connectivity index (χ0) is 18.5. The first-order valence-corrected chi connectivity index (χ1v) is 10.5. The molecule has 1 aromatic rings. The van der Waals surface area contributed by atoms with E-state index in [9.17, 15) is 4.39 Å². The van der Waals surface area contributed by atoms with Crippen LogP contribution in [0.4, 0.5) is 4.39 Å². The van der Waals surface area contributed by atoms with E-state index in [4.69, 9.17) is 9.47 Å². The van der Waals surface area contributed by atoms with Crippen molar-refractivity contribution in [3.63, 3.8) is 0 Å². The number of ether oxygens (including phenoxy) is 2. The summed E-state index contributed by atoms with van der Waals surface area (Å²) in [6.45, 7) is 6.64. The van der Waals surface area contributed by atoms with Crippen LogP contribution in [0.25, 0.3) is 0 Å². The number of nitrogens with one attached hydrogen (secondary N) is 2. The van der Waals surface area contributed by atoms with E-state index in [1.807, 2.05) is 19.1 Å². The van der Waals surface area contributed by atoms with Gasteiger partial charge >= 0.3 is 0 Å². The summed E-state index contributed by atoms with van der Waals surface area (Å²) in [7, 11) is 0. The molecule has 0 radical (unpaired) electrons. The van der Waals surface area contributed by atoms with Crippen molar-refractivity contribution in [1.29, 1.82) is 0 Å². The van der Waals surface area contributed by atoms with Gasteiger partial charge in [-0.25, -0.2) is 4.39 Å². The lowest BCUT2D eigenvalue weighted by Crippen LogP contribution is -2.38. The molecule has 1 aliphatic heterocycles. The third-order valence-electron chi connectivity index (χ3n) is 3.91. The van der Waals surface area contributed by atoms with E-state index in [2.05, 4.69) is 15.6 Å². The number of halogens is 2. The highest BCUT2D eigenvalue weighted by atomic mass is 127. The number of guanidine groups is 1. The molecule has 0 amide bonds. The SMILES string of the molecule is CCNC(=NCCCOC1CCOC1)NCCSCc1ccccc1F.I. The molecule has 1 fully saturated rings. The van der Waals surface area contributed by atoms with Crippen LogP contribution in [-0.4, -0.2) is 57.3 Å². The molecule has 2 rings (SSSR count). The number of benzene rings is 1. The Morgan fingerprint density at radius 2 is 2.22 bits per heavy atom. The molecule has 1 heterocycles. The van der Waals surface area contributed by atoms with Crippen molar-refractivity contribution >= 4 is 41.7 Å². The fraction of sp³-hybridized carbons (Fsp3) is 0.632. The molecular formula is C19H31FIN3O2S. The van der Waals surface area contributed by atoms with Crippen LogP contribution >= 0.6 is 35.7 Å². The average molecular weight is 511 g/mol. The van der Waals surface area contributed by atoms with Crippen molar-refractivity contribution in [3.8, 4) is 0 Å². The van der Waals surface area contributed by atoms with E-state index < -0.39 is 0 Å². The van der Waals surface area contributed by atoms with Crippen molar-refractivity contribution in [3.05, 3.63) is 35.6 Å². The predicted octanol–water partition coefficient (Wildman–Crippen LogP) is 3.43. The summed E-state index contributed by atoms with van der Waals surface area (Å²) in [5.41, 5.74) is 0.755. The first-order chi connectivity index (χ1) is 12.8. The Kier molecular flexibility index (Phi) is 13.9. The van der Waals surface area contributed by atoms with Gasteiger partial charge in [0.2, 0.25) is 0 Å². The Hall–Kier alpha value is -0.580. The van der Waals surface area contributed by atoms with Crippen LogP contribution in [0.3, 0.4) is 0 Å². The van der Waals surface area contributed by atoms with Crippen LogP contribution in [-0.2, 0) is 15.2 Å². The van der Waals surface area contributed by atoms with Gasteiger partial charge in [0.1, 0.15) is 5.82 Å². The molecule has 154 valence electrons. The minimum atomic E-state index is -0.130. The van der Waals surface area contributed by atoms with Gasteiger partial charge in [-0.05, 0) is 31.4 Å². The van der Waals surface area contributed by atoms with Crippen LogP contribution in [0.2, 0.25) is 0 Å². The van der Waals surface area contributed by atoms with Crippen LogP contribution in [0.5, 0.6) is 0 Å². The van der Waals surface area contributed by atoms with Gasteiger partial charge in [0, 0.05) is 44.4 Å². The first-order valence-electron chi connectivity index (χ1n) is 9.32. The zero-order valence-electron chi connectivity index (χ0n) is 15.9. The molecule has 0 aromatic heterocycles. The zero-order valence-corrected chi connectivity index (χ0v) is 19.1. The van der Waals surface area contributed by atoms with Crippen LogP contribution in [0.15, 0.2) is 29.3 Å². The monoisotopic (exact) mass is 511 g/mol. The molecule has 5 nitrogen and oxygen atoms in total. The fourth-order valence-corrected chi connectivity index (χ4v) is 3.38. The standard InChI is InChI=1S/C19H30FN3O2S.HI/c1-2-21-19(22-9-5-11-25-17-8-12-24-14-17)23-10-13-26-15-16-6-3-4-7-18(16)20;/h3-4,6-7,17H,2,5,8-15H2,1H3,(H2,21,22,23);1H. The first kappa shape index (κ1) is 24.5. The van der Waals surface area contributed by atoms with Gasteiger partial charge in [-0.15, -0.1) is 24.0 Å². The number of aliphatic imine (C=N–C) groups is 1. The van der Waals surface area contributed by atoms with Crippen molar-refractivity contribution in [2.45, 2.75) is 31.6 Å². The van der Waals surface area contributed by atoms with Gasteiger partial charge in [-0.1, -0.05) is 18.2 Å². The molecule has 1 aromatic carbocycles. The third kappa shape index (κ3) is 10.5. The highest BCUT2D eigenvalue weighted by Gasteiger charge is 2.15. The minimum Gasteiger partial charge on any atom is -0.379 e. The maximum atomic E-state index is 13.6. The predicted molar refractivity (Wildman–Crippen MR) is 122 cm³/mol. The summed E-state index contributed by atoms with van der Waals surface area (Å²) >= 11 is 1.71. The maximum absolute atomic E-state index is 13.6.